The first kappa shape index (κ1) is 22.4. The Bertz CT molecular complexity index is 1280. The molecule has 0 atom stereocenters. The van der Waals surface area contributed by atoms with Crippen LogP contribution in [0.2, 0.25) is 0 Å². The maximum absolute atomic E-state index is 12.8. The molecule has 3 aromatic rings. The molecule has 0 saturated carbocycles. The molecular weight excluding hydrogens is 484 g/mol. The maximum Gasteiger partial charge on any atom is 0.295 e. The van der Waals surface area contributed by atoms with Crippen LogP contribution in [0.1, 0.15) is 16.7 Å². The summed E-state index contributed by atoms with van der Waals surface area (Å²) in [5.74, 6) is 0. The number of anilines is 2. The second-order valence-corrected chi connectivity index (χ2v) is 9.38. The minimum absolute atomic E-state index is 0.0710. The third kappa shape index (κ3) is 5.68. The Kier molecular flexibility index (Phi) is 6.71. The molecule has 0 radical (unpaired) electrons. The van der Waals surface area contributed by atoms with Crippen LogP contribution in [0.5, 0.6) is 0 Å². The molecule has 0 saturated heterocycles. The molecular formula is C21H19BrN4O4S. The van der Waals surface area contributed by atoms with Gasteiger partial charge in [-0.25, -0.2) is 8.42 Å². The molecule has 0 spiro atoms. The minimum atomic E-state index is -4.02. The summed E-state index contributed by atoms with van der Waals surface area (Å²) < 4.78 is 28.9. The molecule has 31 heavy (non-hydrogen) atoms. The van der Waals surface area contributed by atoms with Crippen LogP contribution in [-0.4, -0.2) is 19.6 Å². The fraction of sp³-hybridized carbons (Fsp3) is 0.0952. The molecule has 0 aliphatic heterocycles. The van der Waals surface area contributed by atoms with Crippen LogP contribution in [0.25, 0.3) is 0 Å². The van der Waals surface area contributed by atoms with Gasteiger partial charge in [0.05, 0.1) is 21.7 Å². The number of hydrogen-bond donors (Lipinski definition) is 2. The average Bonchev–Trinajstić information content (AvgIpc) is 2.70. The molecule has 0 amide bonds. The highest BCUT2D eigenvalue weighted by molar-refractivity contribution is 9.10. The van der Waals surface area contributed by atoms with Gasteiger partial charge >= 0.3 is 0 Å². The van der Waals surface area contributed by atoms with Gasteiger partial charge < -0.3 is 0 Å². The molecule has 3 rings (SSSR count). The second kappa shape index (κ2) is 9.27. The van der Waals surface area contributed by atoms with Crippen molar-refractivity contribution in [3.8, 4) is 0 Å². The van der Waals surface area contributed by atoms with Gasteiger partial charge in [0.2, 0.25) is 0 Å². The Hall–Kier alpha value is -3.24. The smallest absolute Gasteiger partial charge is 0.279 e. The first-order chi connectivity index (χ1) is 14.7. The molecule has 0 aliphatic rings. The number of hydrazone groups is 1. The summed E-state index contributed by atoms with van der Waals surface area (Å²) in [4.78, 5) is 10.6. The topological polar surface area (TPSA) is 114 Å². The first-order valence-corrected chi connectivity index (χ1v) is 11.4. The quantitative estimate of drug-likeness (QED) is 0.261. The van der Waals surface area contributed by atoms with E-state index in [2.05, 4.69) is 31.2 Å². The second-order valence-electron chi connectivity index (χ2n) is 6.78. The summed E-state index contributed by atoms with van der Waals surface area (Å²) in [5.41, 5.74) is 5.20. The average molecular weight is 503 g/mol. The van der Waals surface area contributed by atoms with Gasteiger partial charge in [0.15, 0.2) is 0 Å². The Morgan fingerprint density at radius 1 is 1.03 bits per heavy atom. The number of nitro groups is 1. The zero-order valence-electron chi connectivity index (χ0n) is 16.7. The van der Waals surface area contributed by atoms with E-state index >= 15 is 0 Å². The van der Waals surface area contributed by atoms with E-state index in [0.717, 1.165) is 27.2 Å². The van der Waals surface area contributed by atoms with E-state index in [1.165, 1.54) is 18.3 Å². The van der Waals surface area contributed by atoms with Crippen LogP contribution in [0.3, 0.4) is 0 Å². The van der Waals surface area contributed by atoms with Gasteiger partial charge in [-0.15, -0.1) is 0 Å². The van der Waals surface area contributed by atoms with Crippen LogP contribution in [-0.2, 0) is 10.0 Å². The zero-order chi connectivity index (χ0) is 22.6. The first-order valence-electron chi connectivity index (χ1n) is 9.09. The van der Waals surface area contributed by atoms with Crippen molar-refractivity contribution in [1.29, 1.82) is 0 Å². The lowest BCUT2D eigenvalue weighted by atomic mass is 10.1. The zero-order valence-corrected chi connectivity index (χ0v) is 19.1. The van der Waals surface area contributed by atoms with Gasteiger partial charge in [0, 0.05) is 10.5 Å². The fourth-order valence-electron chi connectivity index (χ4n) is 2.82. The van der Waals surface area contributed by atoms with Crippen LogP contribution in [0.15, 0.2) is 75.1 Å². The lowest BCUT2D eigenvalue weighted by molar-refractivity contribution is -0.384. The van der Waals surface area contributed by atoms with Gasteiger partial charge in [-0.3, -0.25) is 20.3 Å². The Labute approximate surface area is 188 Å². The van der Waals surface area contributed by atoms with Crippen molar-refractivity contribution >= 4 is 49.2 Å². The number of nitro benzene ring substituents is 1. The lowest BCUT2D eigenvalue weighted by Crippen LogP contribution is -2.14. The number of nitrogens with zero attached hydrogens (tertiary/aromatic N) is 2. The Balaban J connectivity index is 1.86. The van der Waals surface area contributed by atoms with Gasteiger partial charge in [0.1, 0.15) is 5.69 Å². The number of hydrogen-bond acceptors (Lipinski definition) is 6. The summed E-state index contributed by atoms with van der Waals surface area (Å²) in [6.45, 7) is 3.68. The SMILES string of the molecule is Cc1ccc(NS(=O)(=O)c2ccc(NN=Cc3cccc(Br)c3)c([N+](=O)[O-])c2)c(C)c1. The molecule has 0 heterocycles. The Morgan fingerprint density at radius 3 is 2.45 bits per heavy atom. The number of nitrogens with one attached hydrogen (secondary N) is 2. The summed E-state index contributed by atoms with van der Waals surface area (Å²) in [6, 6.07) is 16.2. The van der Waals surface area contributed by atoms with Crippen molar-refractivity contribution in [3.05, 3.63) is 91.9 Å². The van der Waals surface area contributed by atoms with E-state index in [0.29, 0.717) is 5.69 Å². The summed E-state index contributed by atoms with van der Waals surface area (Å²) in [7, 11) is -4.02. The van der Waals surface area contributed by atoms with E-state index in [9.17, 15) is 18.5 Å². The minimum Gasteiger partial charge on any atom is -0.279 e. The highest BCUT2D eigenvalue weighted by Crippen LogP contribution is 2.29. The number of halogens is 1. The van der Waals surface area contributed by atoms with Crippen LogP contribution < -0.4 is 10.1 Å². The number of aryl methyl sites for hydroxylation is 2. The van der Waals surface area contributed by atoms with E-state index < -0.39 is 20.6 Å². The number of benzene rings is 3. The van der Waals surface area contributed by atoms with Crippen molar-refractivity contribution in [1.82, 2.24) is 0 Å². The van der Waals surface area contributed by atoms with E-state index in [-0.39, 0.29) is 10.6 Å². The van der Waals surface area contributed by atoms with Gasteiger partial charge in [-0.05, 0) is 55.3 Å². The van der Waals surface area contributed by atoms with Crippen molar-refractivity contribution in [2.24, 2.45) is 5.10 Å². The number of sulfonamides is 1. The van der Waals surface area contributed by atoms with Gasteiger partial charge in [0.25, 0.3) is 15.7 Å². The van der Waals surface area contributed by atoms with Gasteiger partial charge in [-0.1, -0.05) is 45.8 Å². The molecule has 2 N–H and O–H groups in total. The molecule has 10 heteroatoms. The summed E-state index contributed by atoms with van der Waals surface area (Å²) in [6.07, 6.45) is 1.50. The lowest BCUT2D eigenvalue weighted by Gasteiger charge is -2.12. The van der Waals surface area contributed by atoms with Crippen LogP contribution in [0.4, 0.5) is 17.1 Å². The van der Waals surface area contributed by atoms with Crippen molar-refractivity contribution in [3.63, 3.8) is 0 Å². The Morgan fingerprint density at radius 2 is 1.77 bits per heavy atom. The number of rotatable bonds is 7. The largest absolute Gasteiger partial charge is 0.295 e. The third-order valence-electron chi connectivity index (χ3n) is 4.35. The maximum atomic E-state index is 12.8. The van der Waals surface area contributed by atoms with Crippen molar-refractivity contribution < 1.29 is 13.3 Å². The highest BCUT2D eigenvalue weighted by atomic mass is 79.9. The third-order valence-corrected chi connectivity index (χ3v) is 6.21. The predicted molar refractivity (Wildman–Crippen MR) is 125 cm³/mol. The molecule has 3 aromatic carbocycles. The van der Waals surface area contributed by atoms with Gasteiger partial charge in [-0.2, -0.15) is 5.10 Å². The monoisotopic (exact) mass is 502 g/mol. The molecule has 0 aliphatic carbocycles. The van der Waals surface area contributed by atoms with Crippen LogP contribution in [0, 0.1) is 24.0 Å². The molecule has 8 nitrogen and oxygen atoms in total. The standard InChI is InChI=1S/C21H19BrN4O4S/c1-14-6-8-19(15(2)10-14)25-31(29,30)18-7-9-20(21(12-18)26(27)28)24-23-13-16-4-3-5-17(22)11-16/h3-13,24-25H,1-2H3. The normalized spacial score (nSPS) is 11.5. The van der Waals surface area contributed by atoms with Crippen molar-refractivity contribution in [2.45, 2.75) is 18.7 Å². The molecule has 0 fully saturated rings. The van der Waals surface area contributed by atoms with Crippen molar-refractivity contribution in [2.75, 3.05) is 10.1 Å². The summed E-state index contributed by atoms with van der Waals surface area (Å²) in [5, 5.41) is 15.5. The molecule has 160 valence electrons. The molecule has 0 unspecified atom stereocenters. The van der Waals surface area contributed by atoms with E-state index in [4.69, 9.17) is 0 Å². The molecule has 0 aromatic heterocycles. The fourth-order valence-corrected chi connectivity index (χ4v) is 4.39. The molecule has 0 bridgehead atoms. The van der Waals surface area contributed by atoms with E-state index in [1.54, 1.807) is 19.1 Å². The summed E-state index contributed by atoms with van der Waals surface area (Å²) >= 11 is 3.35. The highest BCUT2D eigenvalue weighted by Gasteiger charge is 2.22. The van der Waals surface area contributed by atoms with Crippen LogP contribution >= 0.6 is 15.9 Å². The predicted octanol–water partition coefficient (Wildman–Crippen LogP) is 5.22. The van der Waals surface area contributed by atoms with E-state index in [1.807, 2.05) is 37.3 Å².